The summed E-state index contributed by atoms with van der Waals surface area (Å²) in [5.74, 6) is 0.581. The van der Waals surface area contributed by atoms with Crippen LogP contribution in [0.4, 0.5) is 0 Å². The highest BCUT2D eigenvalue weighted by atomic mass is 28.3. The van der Waals surface area contributed by atoms with E-state index in [1.54, 1.807) is 0 Å². The molecule has 11 aromatic carbocycles. The number of para-hydroxylation sites is 3. The smallest absolute Gasteiger partial charge is 0.235 e. The Morgan fingerprint density at radius 2 is 0.747 bits per heavy atom. The fourth-order valence-corrected chi connectivity index (χ4v) is 16.3. The molecule has 0 amide bonds. The number of hydrogen-bond donors (Lipinski definition) is 0. The van der Waals surface area contributed by atoms with E-state index in [-0.39, 0.29) is 0 Å². The molecule has 0 saturated carbocycles. The molecule has 0 unspecified atom stereocenters. The maximum Gasteiger partial charge on any atom is 0.235 e. The van der Waals surface area contributed by atoms with Crippen molar-refractivity contribution in [3.05, 3.63) is 285 Å². The van der Waals surface area contributed by atoms with Crippen LogP contribution < -0.4 is 20.7 Å². The lowest BCUT2D eigenvalue weighted by Crippen LogP contribution is -2.74. The summed E-state index contributed by atoms with van der Waals surface area (Å²) in [6, 6.07) is 103. The van der Waals surface area contributed by atoms with E-state index in [0.29, 0.717) is 5.95 Å². The van der Waals surface area contributed by atoms with E-state index in [2.05, 4.69) is 278 Å². The Morgan fingerprint density at radius 1 is 0.293 bits per heavy atom. The van der Waals surface area contributed by atoms with Crippen molar-refractivity contribution >= 4 is 72.6 Å². The molecule has 0 aliphatic heterocycles. The van der Waals surface area contributed by atoms with Crippen LogP contribution in [0.15, 0.2) is 290 Å². The van der Waals surface area contributed by atoms with Gasteiger partial charge in [-0.15, -0.1) is 0 Å². The second-order valence-electron chi connectivity index (χ2n) is 19.3. The highest BCUT2D eigenvalue weighted by Crippen LogP contribution is 2.39. The van der Waals surface area contributed by atoms with Gasteiger partial charge in [0, 0.05) is 32.7 Å². The number of furan rings is 1. The zero-order chi connectivity index (χ0) is 49.7. The number of aromatic nitrogens is 3. The number of rotatable bonds is 10. The van der Waals surface area contributed by atoms with Crippen molar-refractivity contribution in [1.82, 2.24) is 14.5 Å². The van der Waals surface area contributed by atoms with Gasteiger partial charge in [0.2, 0.25) is 5.95 Å². The van der Waals surface area contributed by atoms with Gasteiger partial charge in [0.15, 0.2) is 8.07 Å². The van der Waals surface area contributed by atoms with Crippen molar-refractivity contribution in [2.75, 3.05) is 0 Å². The molecular weight excluding hydrogens is 927 g/mol. The van der Waals surface area contributed by atoms with Crippen LogP contribution >= 0.6 is 0 Å². The van der Waals surface area contributed by atoms with Crippen molar-refractivity contribution in [1.29, 1.82) is 0 Å². The van der Waals surface area contributed by atoms with Gasteiger partial charge < -0.3 is 4.42 Å². The van der Waals surface area contributed by atoms with Crippen LogP contribution in [-0.4, -0.2) is 22.6 Å². The number of benzene rings is 11. The lowest BCUT2D eigenvalue weighted by atomic mass is 10.0. The highest BCUT2D eigenvalue weighted by molar-refractivity contribution is 7.20. The third-order valence-electron chi connectivity index (χ3n) is 15.0. The van der Waals surface area contributed by atoms with Crippen LogP contribution in [0.25, 0.3) is 106 Å². The first kappa shape index (κ1) is 44.1. The van der Waals surface area contributed by atoms with E-state index >= 15 is 0 Å². The minimum absolute atomic E-state index is 0.581. The summed E-state index contributed by atoms with van der Waals surface area (Å²) >= 11 is 0. The predicted molar refractivity (Wildman–Crippen MR) is 314 cm³/mol. The molecule has 14 aromatic rings. The Kier molecular flexibility index (Phi) is 10.8. The Bertz CT molecular complexity index is 4330. The Hall–Kier alpha value is -9.68. The molecule has 0 aliphatic rings. The highest BCUT2D eigenvalue weighted by Gasteiger charge is 2.42. The molecule has 0 N–H and O–H groups in total. The van der Waals surface area contributed by atoms with Crippen molar-refractivity contribution < 1.29 is 4.42 Å². The first-order valence-corrected chi connectivity index (χ1v) is 27.5. The summed E-state index contributed by atoms with van der Waals surface area (Å²) in [4.78, 5) is 11.2. The second-order valence-corrected chi connectivity index (χ2v) is 23.1. The number of nitrogens with zero attached hydrogens (tertiary/aromatic N) is 3. The van der Waals surface area contributed by atoms with Crippen LogP contribution in [0.2, 0.25) is 0 Å². The van der Waals surface area contributed by atoms with E-state index < -0.39 is 8.07 Å². The molecule has 14 rings (SSSR count). The van der Waals surface area contributed by atoms with Crippen LogP contribution in [0.5, 0.6) is 0 Å². The Labute approximate surface area is 436 Å². The van der Waals surface area contributed by atoms with Gasteiger partial charge in [-0.25, -0.2) is 9.97 Å². The average molecular weight is 974 g/mol. The van der Waals surface area contributed by atoms with Crippen molar-refractivity contribution in [2.24, 2.45) is 0 Å². The monoisotopic (exact) mass is 973 g/mol. The van der Waals surface area contributed by atoms with Gasteiger partial charge >= 0.3 is 0 Å². The topological polar surface area (TPSA) is 43.9 Å². The molecule has 352 valence electrons. The van der Waals surface area contributed by atoms with Crippen molar-refractivity contribution in [3.8, 4) is 61.8 Å². The van der Waals surface area contributed by atoms with Crippen molar-refractivity contribution in [3.63, 3.8) is 0 Å². The zero-order valence-corrected chi connectivity index (χ0v) is 41.9. The van der Waals surface area contributed by atoms with Crippen LogP contribution in [0, 0.1) is 0 Å². The molecule has 3 aromatic heterocycles. The molecule has 3 heterocycles. The standard InChI is InChI=1S/C70H47N3OSi/c1-5-21-48(22-6-1)51-27-17-32-56(43-51)75(55-30-11-4-12-31-55,57-33-18-28-52(44-57)49-23-7-2-8-24-49)58-34-19-29-54(45-58)64-47-65(62-38-20-37-61-60-36-14-16-40-68(60)74-69(61)62)72-70(71-64)73-66-39-15-13-35-59(66)63-46-53(41-42-67(63)73)50-25-9-3-10-26-50/h1-47H. The number of hydrogen-bond acceptors (Lipinski definition) is 3. The Morgan fingerprint density at radius 3 is 1.39 bits per heavy atom. The largest absolute Gasteiger partial charge is 0.455 e. The minimum Gasteiger partial charge on any atom is -0.455 e. The third kappa shape index (κ3) is 7.60. The molecule has 0 atom stereocenters. The number of fused-ring (bicyclic) bond motifs is 6. The molecule has 0 fully saturated rings. The minimum atomic E-state index is -3.16. The van der Waals surface area contributed by atoms with Crippen LogP contribution in [-0.2, 0) is 0 Å². The van der Waals surface area contributed by atoms with E-state index in [1.807, 2.05) is 12.1 Å². The lowest BCUT2D eigenvalue weighted by molar-refractivity contribution is 0.670. The molecule has 0 aliphatic carbocycles. The van der Waals surface area contributed by atoms with E-state index in [4.69, 9.17) is 14.4 Å². The maximum atomic E-state index is 6.74. The van der Waals surface area contributed by atoms with Gasteiger partial charge in [-0.1, -0.05) is 249 Å². The third-order valence-corrected chi connectivity index (χ3v) is 19.7. The van der Waals surface area contributed by atoms with Crippen molar-refractivity contribution in [2.45, 2.75) is 0 Å². The Balaban J connectivity index is 1.04. The fourth-order valence-electron chi connectivity index (χ4n) is 11.5. The second kappa shape index (κ2) is 18.4. The summed E-state index contributed by atoms with van der Waals surface area (Å²) in [7, 11) is -3.16. The van der Waals surface area contributed by atoms with Gasteiger partial charge in [0.05, 0.1) is 22.4 Å². The summed E-state index contributed by atoms with van der Waals surface area (Å²) in [5.41, 5.74) is 14.2. The first-order chi connectivity index (χ1) is 37.2. The normalized spacial score (nSPS) is 11.7. The zero-order valence-electron chi connectivity index (χ0n) is 40.9. The molecule has 0 saturated heterocycles. The summed E-state index contributed by atoms with van der Waals surface area (Å²) < 4.78 is 8.98. The summed E-state index contributed by atoms with van der Waals surface area (Å²) in [5, 5.41) is 9.51. The van der Waals surface area contributed by atoms with E-state index in [9.17, 15) is 0 Å². The molecule has 75 heavy (non-hydrogen) atoms. The van der Waals surface area contributed by atoms with E-state index in [0.717, 1.165) is 71.8 Å². The fraction of sp³-hybridized carbons (Fsp3) is 0. The van der Waals surface area contributed by atoms with Gasteiger partial charge in [0.25, 0.3) is 0 Å². The summed E-state index contributed by atoms with van der Waals surface area (Å²) in [6.45, 7) is 0. The van der Waals surface area contributed by atoms with Crippen LogP contribution in [0.3, 0.4) is 0 Å². The average Bonchev–Trinajstić information content (AvgIpc) is 4.06. The molecule has 0 radical (unpaired) electrons. The molecule has 0 spiro atoms. The predicted octanol–water partition coefficient (Wildman–Crippen LogP) is 15.2. The van der Waals surface area contributed by atoms with Gasteiger partial charge in [-0.05, 0) is 90.5 Å². The molecule has 4 nitrogen and oxygen atoms in total. The van der Waals surface area contributed by atoms with Gasteiger partial charge in [-0.3, -0.25) is 4.57 Å². The van der Waals surface area contributed by atoms with E-state index in [1.165, 1.54) is 48.6 Å². The van der Waals surface area contributed by atoms with Gasteiger partial charge in [0.1, 0.15) is 11.2 Å². The van der Waals surface area contributed by atoms with Gasteiger partial charge in [-0.2, -0.15) is 0 Å². The first-order valence-electron chi connectivity index (χ1n) is 25.5. The maximum absolute atomic E-state index is 6.74. The lowest BCUT2D eigenvalue weighted by Gasteiger charge is -2.35. The molecule has 0 bridgehead atoms. The van der Waals surface area contributed by atoms with Crippen LogP contribution in [0.1, 0.15) is 0 Å². The molecule has 5 heteroatoms. The SMILES string of the molecule is c1ccc(-c2cccc([Si](c3ccccc3)(c3cccc(-c4ccccc4)c3)c3cccc(-c4cc(-c5cccc6c5oc5ccccc56)nc(-n5c6ccccc6c6cc(-c7ccccc7)ccc65)n4)c3)c2)cc1. The summed E-state index contributed by atoms with van der Waals surface area (Å²) in [6.07, 6.45) is 0. The molecular formula is C70H47N3OSi. The quantitative estimate of drug-likeness (QED) is 0.101.